The summed E-state index contributed by atoms with van der Waals surface area (Å²) in [6.07, 6.45) is 0.872. The van der Waals surface area contributed by atoms with Gasteiger partial charge < -0.3 is 14.7 Å². The smallest absolute Gasteiger partial charge is 0.0463 e. The number of para-hydroxylation sites is 4. The quantitative estimate of drug-likeness (QED) is 0.0749. The van der Waals surface area contributed by atoms with Crippen molar-refractivity contribution in [3.63, 3.8) is 0 Å². The monoisotopic (exact) mass is 927 g/mol. The van der Waals surface area contributed by atoms with Gasteiger partial charge in [0, 0.05) is 51.2 Å². The molecule has 11 aromatic carbocycles. The van der Waals surface area contributed by atoms with Crippen molar-refractivity contribution in [2.45, 2.75) is 6.42 Å². The summed E-state index contributed by atoms with van der Waals surface area (Å²) in [4.78, 5) is 7.01. The minimum absolute atomic E-state index is 0.872. The van der Waals surface area contributed by atoms with Gasteiger partial charge in [0.25, 0.3) is 0 Å². The summed E-state index contributed by atoms with van der Waals surface area (Å²) >= 11 is 0. The van der Waals surface area contributed by atoms with E-state index in [4.69, 9.17) is 0 Å². The van der Waals surface area contributed by atoms with Crippen LogP contribution >= 0.6 is 0 Å². The van der Waals surface area contributed by atoms with Crippen LogP contribution in [-0.2, 0) is 6.42 Å². The Morgan fingerprint density at radius 1 is 0.197 bits per heavy atom. The van der Waals surface area contributed by atoms with Gasteiger partial charge in [0.15, 0.2) is 0 Å². The van der Waals surface area contributed by atoms with Crippen LogP contribution in [-0.4, -0.2) is 8.07 Å². The fraction of sp³-hybridized carbons (Fsp3) is 0.0149. The zero-order chi connectivity index (χ0) is 47.7. The Labute approximate surface area is 419 Å². The lowest BCUT2D eigenvalue weighted by atomic mass is 10.1. The maximum atomic E-state index is 2.48. The van der Waals surface area contributed by atoms with Gasteiger partial charge in [-0.15, -0.1) is 0 Å². The van der Waals surface area contributed by atoms with Crippen LogP contribution in [0.2, 0.25) is 0 Å². The van der Waals surface area contributed by atoms with Gasteiger partial charge in [0.1, 0.15) is 0 Å². The van der Waals surface area contributed by atoms with Crippen LogP contribution in [0.3, 0.4) is 0 Å². The third-order valence-corrected chi connectivity index (χ3v) is 18.1. The first-order chi connectivity index (χ1) is 35.2. The summed E-state index contributed by atoms with van der Waals surface area (Å²) < 4.78 is 0. The number of benzene rings is 11. The largest absolute Gasteiger partial charge is 0.311 e. The van der Waals surface area contributed by atoms with E-state index in [1.807, 2.05) is 0 Å². The molecule has 0 N–H and O–H groups in total. The predicted molar refractivity (Wildman–Crippen MR) is 303 cm³/mol. The average molecular weight is 928 g/mol. The van der Waals surface area contributed by atoms with Crippen LogP contribution in [0, 0.1) is 0 Å². The van der Waals surface area contributed by atoms with Crippen molar-refractivity contribution in [2.24, 2.45) is 0 Å². The molecule has 71 heavy (non-hydrogen) atoms. The predicted octanol–water partition coefficient (Wildman–Crippen LogP) is 15.1. The summed E-state index contributed by atoms with van der Waals surface area (Å²) in [6, 6.07) is 112. The molecule has 0 heterocycles. The Bertz CT molecular complexity index is 3150. The molecule has 0 bridgehead atoms. The van der Waals surface area contributed by atoms with Crippen molar-refractivity contribution >= 4 is 80.0 Å². The first kappa shape index (κ1) is 44.5. The van der Waals surface area contributed by atoms with E-state index in [0.717, 1.165) is 57.6 Å². The summed E-state index contributed by atoms with van der Waals surface area (Å²) in [7, 11) is -2.86. The lowest BCUT2D eigenvalue weighted by Gasteiger charge is -2.47. The fourth-order valence-corrected chi connectivity index (χ4v) is 14.9. The molecule has 341 valence electrons. The van der Waals surface area contributed by atoms with E-state index in [1.165, 1.54) is 31.9 Å². The SMILES string of the molecule is c1ccc(Cc2cccc([Si-](c3ccccc3)(c3ccccc3)c3ccc(N(c4ccc(N(c5ccccc5)c5ccccc5)cc4)c4ccc(N(c5ccccc5)c5ccccc5)cc4)cc3)c2)cc1. The zero-order valence-corrected chi connectivity index (χ0v) is 40.5. The van der Waals surface area contributed by atoms with Crippen LogP contribution in [0.25, 0.3) is 0 Å². The van der Waals surface area contributed by atoms with Crippen molar-refractivity contribution in [2.75, 3.05) is 14.7 Å². The molecular weight excluding hydrogens is 875 g/mol. The molecule has 0 saturated carbocycles. The molecule has 11 rings (SSSR count). The first-order valence-electron chi connectivity index (χ1n) is 24.4. The fourth-order valence-electron chi connectivity index (χ4n) is 10.1. The van der Waals surface area contributed by atoms with Crippen LogP contribution < -0.4 is 35.4 Å². The van der Waals surface area contributed by atoms with E-state index in [0.29, 0.717) is 0 Å². The van der Waals surface area contributed by atoms with E-state index in [1.54, 1.807) is 0 Å². The second kappa shape index (κ2) is 20.7. The van der Waals surface area contributed by atoms with Gasteiger partial charge in [0.05, 0.1) is 0 Å². The molecule has 0 radical (unpaired) electrons. The van der Waals surface area contributed by atoms with Crippen LogP contribution in [0.1, 0.15) is 11.1 Å². The molecule has 0 spiro atoms. The molecule has 3 nitrogen and oxygen atoms in total. The molecular formula is C67H53N3Si-. The lowest BCUT2D eigenvalue weighted by molar-refractivity contribution is 1.20. The summed E-state index contributed by atoms with van der Waals surface area (Å²) in [6.45, 7) is 0. The molecule has 0 fully saturated rings. The van der Waals surface area contributed by atoms with E-state index in [9.17, 15) is 0 Å². The van der Waals surface area contributed by atoms with Crippen LogP contribution in [0.4, 0.5) is 51.2 Å². The second-order valence-electron chi connectivity index (χ2n) is 17.8. The third kappa shape index (κ3) is 9.33. The maximum absolute atomic E-state index is 2.86. The Hall–Kier alpha value is -8.96. The van der Waals surface area contributed by atoms with Gasteiger partial charge >= 0.3 is 0 Å². The zero-order valence-electron chi connectivity index (χ0n) is 39.5. The summed E-state index contributed by atoms with van der Waals surface area (Å²) in [5.74, 6) is 0. The van der Waals surface area contributed by atoms with E-state index in [2.05, 4.69) is 324 Å². The molecule has 0 unspecified atom stereocenters. The summed E-state index contributed by atoms with van der Waals surface area (Å²) in [5, 5.41) is 5.38. The van der Waals surface area contributed by atoms with Crippen molar-refractivity contribution in [1.29, 1.82) is 0 Å². The normalized spacial score (nSPS) is 11.2. The number of hydrogen-bond donors (Lipinski definition) is 0. The minimum atomic E-state index is -2.86. The Morgan fingerprint density at radius 3 is 0.775 bits per heavy atom. The van der Waals surface area contributed by atoms with Gasteiger partial charge in [0.2, 0.25) is 0 Å². The van der Waals surface area contributed by atoms with Crippen molar-refractivity contribution < 1.29 is 0 Å². The number of anilines is 9. The number of rotatable bonds is 15. The van der Waals surface area contributed by atoms with Gasteiger partial charge in [-0.1, -0.05) is 200 Å². The van der Waals surface area contributed by atoms with Crippen LogP contribution in [0.5, 0.6) is 0 Å². The highest BCUT2D eigenvalue weighted by Crippen LogP contribution is 2.41. The topological polar surface area (TPSA) is 9.72 Å². The molecule has 4 heteroatoms. The van der Waals surface area contributed by atoms with E-state index in [-0.39, 0.29) is 0 Å². The summed E-state index contributed by atoms with van der Waals surface area (Å²) in [5.41, 5.74) is 12.4. The Kier molecular flexibility index (Phi) is 13.0. The minimum Gasteiger partial charge on any atom is -0.311 e. The van der Waals surface area contributed by atoms with E-state index < -0.39 is 8.07 Å². The van der Waals surface area contributed by atoms with Gasteiger partial charge in [-0.2, -0.15) is 20.7 Å². The van der Waals surface area contributed by atoms with Crippen molar-refractivity contribution in [3.8, 4) is 0 Å². The van der Waals surface area contributed by atoms with Gasteiger partial charge in [-0.3, -0.25) is 0 Å². The third-order valence-electron chi connectivity index (χ3n) is 13.4. The molecule has 0 saturated heterocycles. The van der Waals surface area contributed by atoms with Crippen LogP contribution in [0.15, 0.2) is 309 Å². The lowest BCUT2D eigenvalue weighted by Crippen LogP contribution is -2.74. The molecule has 0 aromatic heterocycles. The van der Waals surface area contributed by atoms with Gasteiger partial charge in [-0.25, -0.2) is 0 Å². The number of hydrogen-bond acceptors (Lipinski definition) is 3. The highest BCUT2D eigenvalue weighted by Gasteiger charge is 2.29. The molecule has 11 aromatic rings. The number of nitrogens with zero attached hydrogens (tertiary/aromatic N) is 3. The highest BCUT2D eigenvalue weighted by molar-refractivity contribution is 7.19. The van der Waals surface area contributed by atoms with Crippen molar-refractivity contribution in [1.82, 2.24) is 0 Å². The first-order valence-corrected chi connectivity index (χ1v) is 26.4. The molecule has 0 aliphatic heterocycles. The standard InChI is InChI=1S/C67H53N3Si/c1-8-23-53(24-9-1)51-54-25-22-38-67(52-54)71(64-34-18-6-19-35-64,65-36-20-7-21-37-65)66-49-47-63(48-50-66)70(61-43-39-59(40-44-61)68(55-26-10-2-11-27-55)56-28-12-3-13-29-56)62-45-41-60(42-46-62)69(57-30-14-4-15-31-57)58-32-16-5-17-33-58/h1-50,52H,51H2/q-1. The van der Waals surface area contributed by atoms with E-state index >= 15 is 0 Å². The average Bonchev–Trinajstić information content (AvgIpc) is 3.45. The second-order valence-corrected chi connectivity index (χ2v) is 21.6. The van der Waals surface area contributed by atoms with Gasteiger partial charge in [-0.05, 0) is 135 Å². The van der Waals surface area contributed by atoms with Crippen molar-refractivity contribution in [3.05, 3.63) is 321 Å². The molecule has 0 aliphatic carbocycles. The molecule has 0 amide bonds. The Balaban J connectivity index is 1.05. The highest BCUT2D eigenvalue weighted by atomic mass is 28.3. The molecule has 0 aliphatic rings. The maximum Gasteiger partial charge on any atom is 0.0463 e. The molecule has 0 atom stereocenters. The Morgan fingerprint density at radius 2 is 0.437 bits per heavy atom.